The number of hydrogen-bond donors (Lipinski definition) is 1. The van der Waals surface area contributed by atoms with Crippen LogP contribution in [0.25, 0.3) is 0 Å². The summed E-state index contributed by atoms with van der Waals surface area (Å²) < 4.78 is 5.30. The molecule has 92 valence electrons. The Morgan fingerprint density at radius 3 is 2.94 bits per heavy atom. The van der Waals surface area contributed by atoms with Crippen molar-refractivity contribution in [2.75, 3.05) is 12.3 Å². The molecule has 1 fully saturated rings. The molecule has 0 saturated heterocycles. The highest BCUT2D eigenvalue weighted by Gasteiger charge is 2.45. The van der Waals surface area contributed by atoms with E-state index in [1.807, 2.05) is 13.8 Å². The molecule has 0 amide bonds. The lowest BCUT2D eigenvalue weighted by Gasteiger charge is -2.26. The second kappa shape index (κ2) is 5.11. The van der Waals surface area contributed by atoms with Gasteiger partial charge in [0.25, 0.3) is 5.22 Å². The van der Waals surface area contributed by atoms with Crippen LogP contribution in [0.2, 0.25) is 0 Å². The average Bonchev–Trinajstić information content (AvgIpc) is 3.09. The van der Waals surface area contributed by atoms with E-state index in [1.54, 1.807) is 6.26 Å². The predicted octanol–water partition coefficient (Wildman–Crippen LogP) is 2.36. The zero-order valence-corrected chi connectivity index (χ0v) is 11.0. The second-order valence-corrected chi connectivity index (χ2v) is 5.36. The van der Waals surface area contributed by atoms with Gasteiger partial charge in [0.05, 0.1) is 11.8 Å². The molecule has 1 N–H and O–H groups in total. The van der Waals surface area contributed by atoms with Crippen LogP contribution in [0.15, 0.2) is 15.9 Å². The minimum absolute atomic E-state index is 0.415. The third-order valence-electron chi connectivity index (χ3n) is 2.99. The first kappa shape index (κ1) is 12.5. The first-order valence-corrected chi connectivity index (χ1v) is 6.90. The summed E-state index contributed by atoms with van der Waals surface area (Å²) in [6, 6.07) is 2.45. The van der Waals surface area contributed by atoms with Crippen LogP contribution in [-0.2, 0) is 0 Å². The van der Waals surface area contributed by atoms with Gasteiger partial charge in [-0.05, 0) is 32.2 Å². The quantitative estimate of drug-likeness (QED) is 0.786. The molecule has 2 rings (SSSR count). The van der Waals surface area contributed by atoms with E-state index in [9.17, 15) is 5.26 Å². The summed E-state index contributed by atoms with van der Waals surface area (Å²) in [5.74, 6) is 1.18. The Bertz CT molecular complexity index is 422. The highest BCUT2D eigenvalue weighted by atomic mass is 32.2. The van der Waals surface area contributed by atoms with E-state index >= 15 is 0 Å². The van der Waals surface area contributed by atoms with Gasteiger partial charge in [0, 0.05) is 5.75 Å². The van der Waals surface area contributed by atoms with Crippen molar-refractivity contribution >= 4 is 11.8 Å². The Hall–Kier alpha value is -0.990. The molecule has 1 unspecified atom stereocenters. The number of nitrogens with one attached hydrogen (secondary N) is 1. The number of oxazole rings is 1. The lowest BCUT2D eigenvalue weighted by molar-refractivity contribution is 0.411. The maximum atomic E-state index is 9.42. The number of rotatable bonds is 6. The topological polar surface area (TPSA) is 61.9 Å². The second-order valence-electron chi connectivity index (χ2n) is 4.43. The number of aromatic nitrogens is 1. The largest absolute Gasteiger partial charge is 0.440 e. The number of hydrogen-bond acceptors (Lipinski definition) is 5. The van der Waals surface area contributed by atoms with Gasteiger partial charge in [-0.1, -0.05) is 18.7 Å². The predicted molar refractivity (Wildman–Crippen MR) is 66.7 cm³/mol. The molecule has 1 saturated carbocycles. The van der Waals surface area contributed by atoms with Crippen LogP contribution in [0.1, 0.15) is 25.5 Å². The summed E-state index contributed by atoms with van der Waals surface area (Å²) in [6.45, 7) is 4.75. The van der Waals surface area contributed by atoms with Crippen LogP contribution in [0, 0.1) is 24.2 Å². The summed E-state index contributed by atoms with van der Waals surface area (Å²) in [5.41, 5.74) is 0.465. The Balaban J connectivity index is 2.00. The fourth-order valence-electron chi connectivity index (χ4n) is 1.94. The minimum Gasteiger partial charge on any atom is -0.440 e. The summed E-state index contributed by atoms with van der Waals surface area (Å²) in [6.07, 6.45) is 3.93. The third-order valence-corrected chi connectivity index (χ3v) is 4.02. The molecular formula is C12H17N3OS. The molecule has 1 aromatic rings. The molecule has 17 heavy (non-hydrogen) atoms. The highest BCUT2D eigenvalue weighted by molar-refractivity contribution is 7.99. The van der Waals surface area contributed by atoms with Crippen molar-refractivity contribution in [2.45, 2.75) is 37.5 Å². The van der Waals surface area contributed by atoms with Crippen molar-refractivity contribution in [2.24, 2.45) is 5.92 Å². The van der Waals surface area contributed by atoms with Crippen LogP contribution in [0.3, 0.4) is 0 Å². The molecule has 1 heterocycles. The van der Waals surface area contributed by atoms with Gasteiger partial charge in [-0.3, -0.25) is 5.32 Å². The Labute approximate surface area is 106 Å². The van der Waals surface area contributed by atoms with Gasteiger partial charge in [-0.25, -0.2) is 4.98 Å². The van der Waals surface area contributed by atoms with E-state index in [4.69, 9.17) is 4.42 Å². The van der Waals surface area contributed by atoms with Crippen molar-refractivity contribution in [3.63, 3.8) is 0 Å². The van der Waals surface area contributed by atoms with E-state index in [-0.39, 0.29) is 0 Å². The maximum Gasteiger partial charge on any atom is 0.255 e. The summed E-state index contributed by atoms with van der Waals surface area (Å²) in [7, 11) is 0. The van der Waals surface area contributed by atoms with Gasteiger partial charge >= 0.3 is 0 Å². The van der Waals surface area contributed by atoms with E-state index in [0.29, 0.717) is 16.9 Å². The number of nitriles is 1. The Kier molecular flexibility index (Phi) is 3.75. The zero-order chi connectivity index (χ0) is 12.3. The molecule has 0 bridgehead atoms. The summed E-state index contributed by atoms with van der Waals surface area (Å²) >= 11 is 1.52. The lowest BCUT2D eigenvalue weighted by Crippen LogP contribution is -2.48. The van der Waals surface area contributed by atoms with Crippen molar-refractivity contribution in [1.29, 1.82) is 5.26 Å². The Morgan fingerprint density at radius 1 is 1.71 bits per heavy atom. The molecule has 0 spiro atoms. The molecule has 1 aliphatic carbocycles. The first-order valence-electron chi connectivity index (χ1n) is 5.91. The highest BCUT2D eigenvalue weighted by Crippen LogP contribution is 2.41. The molecule has 5 heteroatoms. The smallest absolute Gasteiger partial charge is 0.255 e. The van der Waals surface area contributed by atoms with Crippen molar-refractivity contribution in [3.05, 3.63) is 12.0 Å². The van der Waals surface area contributed by atoms with Crippen molar-refractivity contribution in [3.8, 4) is 6.07 Å². The van der Waals surface area contributed by atoms with Crippen LogP contribution in [0.5, 0.6) is 0 Å². The number of nitrogens with zero attached hydrogens (tertiary/aromatic N) is 2. The standard InChI is InChI=1S/C12H17N3OS/c1-3-14-12(7-13,10-4-5-10)8-17-11-15-9(2)6-16-11/h6,10,14H,3-5,8H2,1-2H3. The monoisotopic (exact) mass is 251 g/mol. The zero-order valence-electron chi connectivity index (χ0n) is 10.2. The van der Waals surface area contributed by atoms with E-state index < -0.39 is 5.54 Å². The lowest BCUT2D eigenvalue weighted by atomic mass is 9.98. The minimum atomic E-state index is -0.415. The SMILES string of the molecule is CCNC(C#N)(CSc1nc(C)co1)C1CC1. The van der Waals surface area contributed by atoms with Gasteiger partial charge in [-0.15, -0.1) is 0 Å². The van der Waals surface area contributed by atoms with Gasteiger partial charge in [0.15, 0.2) is 0 Å². The molecule has 0 aromatic carbocycles. The van der Waals surface area contributed by atoms with Gasteiger partial charge in [0.1, 0.15) is 11.8 Å². The van der Waals surface area contributed by atoms with Crippen LogP contribution < -0.4 is 5.32 Å². The first-order chi connectivity index (χ1) is 8.20. The summed E-state index contributed by atoms with van der Waals surface area (Å²) in [5, 5.41) is 13.4. The fourth-order valence-corrected chi connectivity index (χ4v) is 3.02. The molecule has 0 aliphatic heterocycles. The van der Waals surface area contributed by atoms with E-state index in [2.05, 4.69) is 16.4 Å². The Morgan fingerprint density at radius 2 is 2.47 bits per heavy atom. The average molecular weight is 251 g/mol. The van der Waals surface area contributed by atoms with Gasteiger partial charge in [-0.2, -0.15) is 5.26 Å². The molecule has 1 atom stereocenters. The summed E-state index contributed by atoms with van der Waals surface area (Å²) in [4.78, 5) is 4.25. The van der Waals surface area contributed by atoms with Gasteiger partial charge < -0.3 is 4.42 Å². The molecular weight excluding hydrogens is 234 g/mol. The van der Waals surface area contributed by atoms with Crippen molar-refractivity contribution in [1.82, 2.24) is 10.3 Å². The molecule has 1 aromatic heterocycles. The molecule has 1 aliphatic rings. The number of thioether (sulfide) groups is 1. The van der Waals surface area contributed by atoms with E-state index in [0.717, 1.165) is 25.1 Å². The van der Waals surface area contributed by atoms with Gasteiger partial charge in [0.2, 0.25) is 0 Å². The normalized spacial score (nSPS) is 18.6. The number of aryl methyl sites for hydroxylation is 1. The molecule has 4 nitrogen and oxygen atoms in total. The van der Waals surface area contributed by atoms with Crippen LogP contribution >= 0.6 is 11.8 Å². The maximum absolute atomic E-state index is 9.42. The fraction of sp³-hybridized carbons (Fsp3) is 0.667. The van der Waals surface area contributed by atoms with Crippen molar-refractivity contribution < 1.29 is 4.42 Å². The van der Waals surface area contributed by atoms with Crippen LogP contribution in [0.4, 0.5) is 0 Å². The van der Waals surface area contributed by atoms with Crippen LogP contribution in [-0.4, -0.2) is 22.8 Å². The third kappa shape index (κ3) is 2.82. The van der Waals surface area contributed by atoms with E-state index in [1.165, 1.54) is 11.8 Å². The molecule has 0 radical (unpaired) electrons.